The zero-order valence-corrected chi connectivity index (χ0v) is 25.7. The Morgan fingerprint density at radius 2 is 1.80 bits per heavy atom. The van der Waals surface area contributed by atoms with Gasteiger partial charge in [0.05, 0.1) is 44.0 Å². The van der Waals surface area contributed by atoms with E-state index in [4.69, 9.17) is 14.2 Å². The summed E-state index contributed by atoms with van der Waals surface area (Å²) < 4.78 is 19.6. The quantitative estimate of drug-likeness (QED) is 0.382. The van der Waals surface area contributed by atoms with E-state index in [9.17, 15) is 10.1 Å². The highest BCUT2D eigenvalue weighted by atomic mass is 16.7. The lowest BCUT2D eigenvalue weighted by atomic mass is 9.46. The summed E-state index contributed by atoms with van der Waals surface area (Å²) in [4.78, 5) is 14.8. The normalized spacial score (nSPS) is 51.3. The summed E-state index contributed by atoms with van der Waals surface area (Å²) in [6.07, 6.45) is 17.1. The summed E-state index contributed by atoms with van der Waals surface area (Å²) >= 11 is 0. The Bertz CT molecular complexity index is 1110. The number of ether oxygens (including phenoxy) is 3. The standard InChI is InChI=1S/C35H52N2O4/c1-32(2)28-9-8-24-26-19-27-25(7-6-23(40-27)11-15-36)33(26,3)13-14-34(24)21-35(28,34)12-10-29(32)41-31-20-37(16-17-39-31)30(38)18-22-4-5-22/h22-29,31H,4-14,16-21H2,1-3H3/t23?,24?,25-,26?,27?,28?,29?,31?,33?,34?,35+/m0/s1. The zero-order valence-electron chi connectivity index (χ0n) is 25.7. The van der Waals surface area contributed by atoms with Gasteiger partial charge in [-0.3, -0.25) is 4.79 Å². The van der Waals surface area contributed by atoms with Gasteiger partial charge in [-0.05, 0) is 128 Å². The number of fused-ring (bicyclic) bond motifs is 4. The summed E-state index contributed by atoms with van der Waals surface area (Å²) in [7, 11) is 0. The average molecular weight is 565 g/mol. The van der Waals surface area contributed by atoms with Crippen molar-refractivity contribution in [3.05, 3.63) is 0 Å². The maximum Gasteiger partial charge on any atom is 0.223 e. The second-order valence-electron chi connectivity index (χ2n) is 16.7. The van der Waals surface area contributed by atoms with E-state index in [0.717, 1.165) is 24.7 Å². The molecule has 0 N–H and O–H groups in total. The van der Waals surface area contributed by atoms with Crippen LogP contribution in [0.5, 0.6) is 0 Å². The second kappa shape index (κ2) is 9.42. The molecule has 1 amide bonds. The molecule has 6 saturated carbocycles. The van der Waals surface area contributed by atoms with Gasteiger partial charge >= 0.3 is 0 Å². The molecule has 0 bridgehead atoms. The van der Waals surface area contributed by atoms with Gasteiger partial charge in [-0.1, -0.05) is 20.8 Å². The molecule has 0 aromatic carbocycles. The maximum atomic E-state index is 12.8. The first-order chi connectivity index (χ1) is 19.7. The SMILES string of the molecule is CC1(C)C(OC2CN(C(=O)CC3CC3)CCO2)CC[C@]23CC24CCC2(C)C(CC5OC(CC#N)CC[C@@H]52)C4CCC13. The molecule has 2 heterocycles. The van der Waals surface area contributed by atoms with Gasteiger partial charge in [0.15, 0.2) is 6.29 Å². The van der Waals surface area contributed by atoms with Crippen LogP contribution in [0.25, 0.3) is 0 Å². The predicted octanol–water partition coefficient (Wildman–Crippen LogP) is 6.48. The number of amides is 1. The van der Waals surface area contributed by atoms with Crippen molar-refractivity contribution in [3.63, 3.8) is 0 Å². The van der Waals surface area contributed by atoms with Gasteiger partial charge in [-0.2, -0.15) is 5.26 Å². The smallest absolute Gasteiger partial charge is 0.223 e. The van der Waals surface area contributed by atoms with E-state index in [-0.39, 0.29) is 23.9 Å². The van der Waals surface area contributed by atoms with Crippen molar-refractivity contribution in [3.8, 4) is 6.07 Å². The minimum atomic E-state index is -0.281. The van der Waals surface area contributed by atoms with Crippen LogP contribution in [0.15, 0.2) is 0 Å². The van der Waals surface area contributed by atoms with Gasteiger partial charge in [0.25, 0.3) is 0 Å². The van der Waals surface area contributed by atoms with E-state index in [1.54, 1.807) is 0 Å². The van der Waals surface area contributed by atoms with E-state index < -0.39 is 0 Å². The van der Waals surface area contributed by atoms with Gasteiger partial charge in [0.1, 0.15) is 0 Å². The molecular formula is C35H52N2O4. The third-order valence-electron chi connectivity index (χ3n) is 14.8. The number of hydrogen-bond acceptors (Lipinski definition) is 5. The maximum absolute atomic E-state index is 12.8. The molecule has 8 fully saturated rings. The number of carbonyl (C=O) groups is 1. The Hall–Kier alpha value is -1.16. The van der Waals surface area contributed by atoms with Crippen molar-refractivity contribution in [2.45, 2.75) is 135 Å². The van der Waals surface area contributed by atoms with E-state index in [0.29, 0.717) is 78.5 Å². The molecule has 8 aliphatic rings. The fraction of sp³-hybridized carbons (Fsp3) is 0.943. The Labute approximate surface area is 247 Å². The average Bonchev–Trinajstić information content (AvgIpc) is 3.86. The number of nitriles is 1. The van der Waals surface area contributed by atoms with Crippen molar-refractivity contribution in [2.75, 3.05) is 19.7 Å². The Kier molecular flexibility index (Phi) is 6.29. The fourth-order valence-electron chi connectivity index (χ4n) is 12.6. The topological polar surface area (TPSA) is 71.8 Å². The van der Waals surface area contributed by atoms with Gasteiger partial charge in [-0.25, -0.2) is 0 Å². The van der Waals surface area contributed by atoms with Crippen LogP contribution < -0.4 is 0 Å². The molecule has 2 spiro atoms. The molecule has 6 aliphatic carbocycles. The summed E-state index contributed by atoms with van der Waals surface area (Å²) in [5.74, 6) is 3.97. The molecule has 6 nitrogen and oxygen atoms in total. The number of hydrogen-bond donors (Lipinski definition) is 0. The highest BCUT2D eigenvalue weighted by molar-refractivity contribution is 5.76. The first-order valence-corrected chi connectivity index (χ1v) is 17.3. The van der Waals surface area contributed by atoms with E-state index in [2.05, 4.69) is 26.8 Å². The zero-order chi connectivity index (χ0) is 28.2. The Morgan fingerprint density at radius 3 is 2.61 bits per heavy atom. The molecule has 8 rings (SSSR count). The van der Waals surface area contributed by atoms with Gasteiger partial charge in [0, 0.05) is 13.0 Å². The predicted molar refractivity (Wildman–Crippen MR) is 154 cm³/mol. The molecule has 226 valence electrons. The van der Waals surface area contributed by atoms with Crippen LogP contribution in [0.1, 0.15) is 111 Å². The lowest BCUT2D eigenvalue weighted by molar-refractivity contribution is -0.244. The van der Waals surface area contributed by atoms with E-state index >= 15 is 0 Å². The van der Waals surface area contributed by atoms with Crippen LogP contribution in [0.4, 0.5) is 0 Å². The third-order valence-corrected chi connectivity index (χ3v) is 14.8. The summed E-state index contributed by atoms with van der Waals surface area (Å²) in [5.41, 5.74) is 1.58. The molecule has 41 heavy (non-hydrogen) atoms. The first kappa shape index (κ1) is 27.4. The van der Waals surface area contributed by atoms with Gasteiger partial charge in [0.2, 0.25) is 5.91 Å². The van der Waals surface area contributed by atoms with E-state index in [1.165, 1.54) is 64.2 Å². The molecular weight excluding hydrogens is 512 g/mol. The van der Waals surface area contributed by atoms with Crippen molar-refractivity contribution in [2.24, 2.45) is 51.2 Å². The second-order valence-corrected chi connectivity index (χ2v) is 16.7. The number of morpholine rings is 1. The van der Waals surface area contributed by atoms with Crippen LogP contribution in [0.3, 0.4) is 0 Å². The van der Waals surface area contributed by atoms with Gasteiger partial charge in [-0.15, -0.1) is 0 Å². The lowest BCUT2D eigenvalue weighted by Crippen LogP contribution is -2.56. The summed E-state index contributed by atoms with van der Waals surface area (Å²) in [5, 5.41) is 9.27. The summed E-state index contributed by atoms with van der Waals surface area (Å²) in [6, 6.07) is 2.37. The minimum Gasteiger partial charge on any atom is -0.374 e. The van der Waals surface area contributed by atoms with Crippen molar-refractivity contribution >= 4 is 5.91 Å². The number of carbonyl (C=O) groups excluding carboxylic acids is 1. The minimum absolute atomic E-state index is 0.119. The molecule has 6 heteroatoms. The first-order valence-electron chi connectivity index (χ1n) is 17.3. The van der Waals surface area contributed by atoms with Crippen molar-refractivity contribution in [1.29, 1.82) is 5.26 Å². The van der Waals surface area contributed by atoms with Crippen molar-refractivity contribution < 1.29 is 19.0 Å². The molecule has 2 aliphatic heterocycles. The van der Waals surface area contributed by atoms with Crippen molar-refractivity contribution in [1.82, 2.24) is 4.90 Å². The summed E-state index contributed by atoms with van der Waals surface area (Å²) in [6.45, 7) is 9.52. The highest BCUT2D eigenvalue weighted by Gasteiger charge is 2.80. The molecule has 0 radical (unpaired) electrons. The molecule has 2 saturated heterocycles. The molecule has 9 unspecified atom stereocenters. The monoisotopic (exact) mass is 564 g/mol. The van der Waals surface area contributed by atoms with Crippen LogP contribution in [0, 0.1) is 62.6 Å². The molecule has 0 aromatic rings. The molecule has 11 atom stereocenters. The van der Waals surface area contributed by atoms with Crippen LogP contribution >= 0.6 is 0 Å². The number of rotatable bonds is 5. The largest absolute Gasteiger partial charge is 0.374 e. The van der Waals surface area contributed by atoms with Crippen LogP contribution in [-0.2, 0) is 19.0 Å². The Balaban J connectivity index is 0.962. The van der Waals surface area contributed by atoms with E-state index in [1.807, 2.05) is 4.90 Å². The number of nitrogens with zero attached hydrogens (tertiary/aromatic N) is 2. The highest BCUT2D eigenvalue weighted by Crippen LogP contribution is 2.87. The van der Waals surface area contributed by atoms with Crippen LogP contribution in [0.2, 0.25) is 0 Å². The fourth-order valence-corrected chi connectivity index (χ4v) is 12.6. The Morgan fingerprint density at radius 1 is 0.976 bits per heavy atom. The van der Waals surface area contributed by atoms with Crippen LogP contribution in [-0.4, -0.2) is 55.1 Å². The van der Waals surface area contributed by atoms with Gasteiger partial charge < -0.3 is 19.1 Å². The third kappa shape index (κ3) is 4.00. The molecule has 0 aromatic heterocycles. The lowest BCUT2D eigenvalue weighted by Gasteiger charge is -2.60.